The summed E-state index contributed by atoms with van der Waals surface area (Å²) in [6, 6.07) is 11.2. The van der Waals surface area contributed by atoms with Gasteiger partial charge in [-0.2, -0.15) is 60.1 Å². The zero-order valence-corrected chi connectivity index (χ0v) is 53.6. The Morgan fingerprint density at radius 3 is 1.79 bits per heavy atom. The number of nitrogens with one attached hydrogen (secondary N) is 1. The van der Waals surface area contributed by atoms with Crippen molar-refractivity contribution in [1.29, 1.82) is 0 Å². The molecular formula is C51H55N8O22S8+. The molecule has 0 bridgehead atoms. The van der Waals surface area contributed by atoms with Gasteiger partial charge in [0, 0.05) is 90.0 Å². The number of carbonyl (C=O) groups is 2. The second kappa shape index (κ2) is 24.1. The van der Waals surface area contributed by atoms with E-state index >= 15 is 0 Å². The van der Waals surface area contributed by atoms with E-state index in [2.05, 4.69) is 20.4 Å². The Bertz CT molecular complexity index is 5070. The number of aryl methyl sites for hydroxylation is 1. The van der Waals surface area contributed by atoms with Crippen LogP contribution in [-0.4, -0.2) is 154 Å². The van der Waals surface area contributed by atoms with Crippen LogP contribution in [0, 0.1) is 0 Å². The van der Waals surface area contributed by atoms with Gasteiger partial charge in [0.1, 0.15) is 16.3 Å². The number of aromatic nitrogens is 3. The number of rotatable bonds is 21. The third-order valence-electron chi connectivity index (χ3n) is 14.4. The Kier molecular flexibility index (Phi) is 18.4. The van der Waals surface area contributed by atoms with E-state index in [-0.39, 0.29) is 105 Å². The number of hydrogen-bond acceptors (Lipinski definition) is 20. The summed E-state index contributed by atoms with van der Waals surface area (Å²) in [5.74, 6) is -3.00. The molecule has 4 aromatic carbocycles. The highest BCUT2D eigenvalue weighted by molar-refractivity contribution is 7.91. The number of benzene rings is 4. The molecule has 0 atom stereocenters. The van der Waals surface area contributed by atoms with E-state index in [0.717, 1.165) is 23.0 Å². The van der Waals surface area contributed by atoms with Crippen LogP contribution in [0.5, 0.6) is 0 Å². The van der Waals surface area contributed by atoms with E-state index in [1.54, 1.807) is 37.2 Å². The molecule has 4 heterocycles. The van der Waals surface area contributed by atoms with Crippen molar-refractivity contribution >= 4 is 138 Å². The van der Waals surface area contributed by atoms with E-state index in [1.807, 2.05) is 0 Å². The first-order valence-corrected chi connectivity index (χ1v) is 37.1. The Hall–Kier alpha value is -6.89. The fourth-order valence-corrected chi connectivity index (χ4v) is 15.9. The van der Waals surface area contributed by atoms with Gasteiger partial charge in [0.15, 0.2) is 5.71 Å². The fourth-order valence-electron chi connectivity index (χ4n) is 10.6. The van der Waals surface area contributed by atoms with Gasteiger partial charge >= 0.3 is 0 Å². The highest BCUT2D eigenvalue weighted by atomic mass is 32.3. The van der Waals surface area contributed by atoms with Crippen molar-refractivity contribution in [2.24, 2.45) is 17.2 Å². The summed E-state index contributed by atoms with van der Waals surface area (Å²) in [5, 5.41) is 10.9. The van der Waals surface area contributed by atoms with Crippen molar-refractivity contribution in [3.05, 3.63) is 124 Å². The number of nitrogens with zero attached hydrogens (tertiary/aromatic N) is 6. The first-order valence-electron chi connectivity index (χ1n) is 25.7. The quantitative estimate of drug-likeness (QED) is 0.0291. The van der Waals surface area contributed by atoms with Gasteiger partial charge in [-0.25, -0.2) is 18.2 Å². The number of hydrogen-bond donors (Lipinski definition) is 8. The van der Waals surface area contributed by atoms with Gasteiger partial charge in [-0.1, -0.05) is 37.3 Å². The van der Waals surface area contributed by atoms with Crippen LogP contribution in [0.3, 0.4) is 0 Å². The minimum absolute atomic E-state index is 0.0450. The first-order chi connectivity index (χ1) is 40.8. The molecule has 38 heteroatoms. The lowest BCUT2D eigenvalue weighted by Crippen LogP contribution is -2.28. The molecule has 2 aromatic heterocycles. The third-order valence-corrected chi connectivity index (χ3v) is 21.8. The predicted octanol–water partition coefficient (Wildman–Crippen LogP) is 3.32. The van der Waals surface area contributed by atoms with Gasteiger partial charge in [-0.15, -0.1) is 5.10 Å². The van der Waals surface area contributed by atoms with Crippen LogP contribution in [0.2, 0.25) is 0 Å². The summed E-state index contributed by atoms with van der Waals surface area (Å²) in [4.78, 5) is 32.6. The van der Waals surface area contributed by atoms with Crippen molar-refractivity contribution in [3.8, 4) is 0 Å². The van der Waals surface area contributed by atoms with E-state index in [9.17, 15) is 95.8 Å². The van der Waals surface area contributed by atoms with E-state index in [1.165, 1.54) is 67.7 Å². The Balaban J connectivity index is 1.30. The van der Waals surface area contributed by atoms with Gasteiger partial charge < -0.3 is 10.2 Å². The zero-order chi connectivity index (χ0) is 66.2. The molecule has 2 aliphatic rings. The molecule has 478 valence electrons. The number of amides is 2. The Morgan fingerprint density at radius 1 is 0.708 bits per heavy atom. The van der Waals surface area contributed by atoms with Crippen LogP contribution in [0.4, 0.5) is 11.4 Å². The lowest BCUT2D eigenvalue weighted by Gasteiger charge is -2.27. The van der Waals surface area contributed by atoms with E-state index in [0.29, 0.717) is 34.9 Å². The maximum Gasteiger partial charge on any atom is 0.295 e. The highest BCUT2D eigenvalue weighted by Crippen LogP contribution is 2.52. The zero-order valence-electron chi connectivity index (χ0n) is 47.1. The summed E-state index contributed by atoms with van der Waals surface area (Å²) in [5.41, 5.74) is -0.975. The number of sulfonamides is 1. The smallest absolute Gasteiger partial charge is 0.295 e. The van der Waals surface area contributed by atoms with Gasteiger partial charge in [0.2, 0.25) is 20.7 Å². The molecule has 0 saturated heterocycles. The third kappa shape index (κ3) is 14.8. The van der Waals surface area contributed by atoms with Gasteiger partial charge in [0.25, 0.3) is 76.6 Å². The maximum absolute atomic E-state index is 13.5. The Morgan fingerprint density at radius 2 is 1.27 bits per heavy atom. The lowest BCUT2D eigenvalue weighted by molar-refractivity contribution is -0.437. The summed E-state index contributed by atoms with van der Waals surface area (Å²) in [7, 11) is -32.7. The number of allylic oxidation sites excluding steroid dienone is 6. The van der Waals surface area contributed by atoms with Crippen LogP contribution < -0.4 is 20.2 Å². The van der Waals surface area contributed by atoms with E-state index in [4.69, 9.17) is 5.14 Å². The number of pyridine rings is 1. The second-order valence-corrected chi connectivity index (χ2v) is 32.8. The van der Waals surface area contributed by atoms with Crippen molar-refractivity contribution in [3.63, 3.8) is 0 Å². The number of anilines is 1. The lowest BCUT2D eigenvalue weighted by atomic mass is 9.79. The maximum atomic E-state index is 13.5. The van der Waals surface area contributed by atoms with Crippen LogP contribution in [0.1, 0.15) is 74.1 Å². The molecule has 2 aliphatic heterocycles. The molecule has 0 radical (unpaired) electrons. The molecule has 9 N–H and O–H groups in total. The molecule has 89 heavy (non-hydrogen) atoms. The Labute approximate surface area is 514 Å². The van der Waals surface area contributed by atoms with Gasteiger partial charge in [-0.3, -0.25) is 41.9 Å². The van der Waals surface area contributed by atoms with E-state index < -0.39 is 129 Å². The monoisotopic (exact) mass is 1390 g/mol. The molecule has 0 aliphatic carbocycles. The SMILES string of the molecule is Cn1nc(S(N)(=O)=O)sc1=NC(=O)CCNC(=O)c1ccc(C(=C\C=C2\N(CCCS(=O)(=O)O)c3ccc4c(S(=O)(=O)O)cc(S(=O)(=O)O)cc4c3C2(C)C)/C=C/C2=[N+](CCCS(=O)(=O)O)c3ccc4c(S(=O)(=O)O)cc(S(=O)(=O)O)cc4c3C2(C)C)nc1. The van der Waals surface area contributed by atoms with Crippen LogP contribution in [0.15, 0.2) is 126 Å². The van der Waals surface area contributed by atoms with Gasteiger partial charge in [0.05, 0.1) is 38.0 Å². The van der Waals surface area contributed by atoms with Crippen molar-refractivity contribution in [2.45, 2.75) is 81.7 Å². The summed E-state index contributed by atoms with van der Waals surface area (Å²) in [6.07, 6.45) is 6.40. The molecule has 0 saturated carbocycles. The number of nitrogens with two attached hydrogens (primary N) is 1. The molecular weight excluding hydrogens is 1330 g/mol. The average Bonchev–Trinajstić information content (AvgIpc) is 1.66. The first kappa shape index (κ1) is 68.0. The normalized spacial score (nSPS) is 16.5. The minimum atomic E-state index is -5.19. The molecule has 8 rings (SSSR count). The molecule has 0 unspecified atom stereocenters. The van der Waals surface area contributed by atoms with Crippen LogP contribution in [0.25, 0.3) is 27.1 Å². The van der Waals surface area contributed by atoms with Gasteiger partial charge in [-0.05, 0) is 97.3 Å². The summed E-state index contributed by atoms with van der Waals surface area (Å²) in [6.45, 7) is 5.91. The van der Waals surface area contributed by atoms with Crippen molar-refractivity contribution < 1.29 is 100 Å². The summed E-state index contributed by atoms with van der Waals surface area (Å²) >= 11 is 0.539. The topological polar surface area (TPSA) is 482 Å². The number of fused-ring (bicyclic) bond motifs is 6. The molecule has 30 nitrogen and oxygen atoms in total. The van der Waals surface area contributed by atoms with Crippen molar-refractivity contribution in [2.75, 3.05) is 36.0 Å². The minimum Gasteiger partial charge on any atom is -0.351 e. The van der Waals surface area contributed by atoms with Crippen LogP contribution >= 0.6 is 11.3 Å². The van der Waals surface area contributed by atoms with Crippen molar-refractivity contribution in [1.82, 2.24) is 20.1 Å². The number of carbonyl (C=O) groups excluding carboxylic acids is 2. The standard InChI is InChI=1S/C51H54N8O22S8/c1-50(2)42(58(20-6-22-83(62,63)64)38-14-11-33-35(45(38)50)24-31(86(70,71)72)26-40(33)88(76,77)78)16-9-29(37-13-8-30(28-54-37)47(61)53-19-18-44(60)55-48-57(5)56-49(82-48)85(52,68)69)10-17-43-51(3,4)46-36-25-32(87(73,74)75)27-41(89(79,80)81)34(36)12-15-39(46)59(43)21-7-23-84(65,66)67/h8-17,24-28H,6-7,18-23H2,1-5H3,(H8-,52,53,61,62,63,64,65,66,67,68,69,70,71,72,73,74,75,76,77,78,79,80,81)/p+1. The average molecular weight is 1390 g/mol. The fraction of sp³-hybridized carbons (Fsp3) is 0.294. The predicted molar refractivity (Wildman–Crippen MR) is 322 cm³/mol. The molecule has 0 spiro atoms. The van der Waals surface area contributed by atoms with Crippen LogP contribution in [-0.2, 0) is 93.4 Å². The summed E-state index contributed by atoms with van der Waals surface area (Å²) < 4.78 is 236. The number of primary sulfonamides is 1. The molecule has 6 aromatic rings. The molecule has 2 amide bonds. The highest BCUT2D eigenvalue weighted by Gasteiger charge is 2.47. The largest absolute Gasteiger partial charge is 0.351 e. The second-order valence-electron chi connectivity index (χ2n) is 21.3. The molecule has 0 fully saturated rings.